The lowest BCUT2D eigenvalue weighted by Crippen LogP contribution is -2.10. The monoisotopic (exact) mass is 248 g/mol. The van der Waals surface area contributed by atoms with E-state index in [0.29, 0.717) is 18.9 Å². The molecule has 0 saturated heterocycles. The summed E-state index contributed by atoms with van der Waals surface area (Å²) in [6, 6.07) is 5.75. The molecular formula is C13H13FN2O2. The molecule has 0 radical (unpaired) electrons. The summed E-state index contributed by atoms with van der Waals surface area (Å²) in [5.74, 6) is -0.265. The third kappa shape index (κ3) is 2.94. The minimum Gasteiger partial charge on any atom is -0.491 e. The predicted octanol–water partition coefficient (Wildman–Crippen LogP) is 2.30. The highest BCUT2D eigenvalue weighted by Crippen LogP contribution is 2.20. The number of Topliss-reactive ketones (excluding diaryl/α,β-unsaturated/α-hetero) is 1. The zero-order valence-electron chi connectivity index (χ0n) is 9.97. The molecule has 0 N–H and O–H groups in total. The van der Waals surface area contributed by atoms with Crippen molar-refractivity contribution in [1.82, 2.24) is 9.78 Å². The van der Waals surface area contributed by atoms with Crippen molar-refractivity contribution in [1.29, 1.82) is 0 Å². The van der Waals surface area contributed by atoms with Crippen LogP contribution in [0.4, 0.5) is 4.39 Å². The maximum atomic E-state index is 13.0. The maximum absolute atomic E-state index is 13.0. The number of hydrogen-bond acceptors (Lipinski definition) is 3. The Hall–Kier alpha value is -2.17. The second-order valence-corrected chi connectivity index (χ2v) is 3.81. The van der Waals surface area contributed by atoms with Crippen LogP contribution in [0.3, 0.4) is 0 Å². The van der Waals surface area contributed by atoms with Crippen LogP contribution < -0.4 is 4.74 Å². The molecule has 0 aliphatic carbocycles. The Morgan fingerprint density at radius 2 is 2.33 bits per heavy atom. The van der Waals surface area contributed by atoms with E-state index < -0.39 is 5.82 Å². The van der Waals surface area contributed by atoms with Crippen LogP contribution in [0.25, 0.3) is 0 Å². The van der Waals surface area contributed by atoms with Gasteiger partial charge in [0.05, 0.1) is 12.1 Å². The van der Waals surface area contributed by atoms with Gasteiger partial charge in [-0.2, -0.15) is 5.10 Å². The molecule has 0 atom stereocenters. The van der Waals surface area contributed by atoms with E-state index in [1.165, 1.54) is 25.1 Å². The third-order valence-corrected chi connectivity index (χ3v) is 2.46. The first-order valence-corrected chi connectivity index (χ1v) is 5.57. The Labute approximate surface area is 104 Å². The number of carbonyl (C=O) groups excluding carboxylic acids is 1. The van der Waals surface area contributed by atoms with Gasteiger partial charge in [-0.15, -0.1) is 0 Å². The molecule has 5 heteroatoms. The largest absolute Gasteiger partial charge is 0.491 e. The highest BCUT2D eigenvalue weighted by Gasteiger charge is 2.09. The number of hydrogen-bond donors (Lipinski definition) is 0. The van der Waals surface area contributed by atoms with Crippen molar-refractivity contribution in [3.8, 4) is 5.75 Å². The topological polar surface area (TPSA) is 44.1 Å². The van der Waals surface area contributed by atoms with Crippen LogP contribution in [0.1, 0.15) is 17.3 Å². The number of carbonyl (C=O) groups is 1. The van der Waals surface area contributed by atoms with Gasteiger partial charge in [-0.05, 0) is 31.2 Å². The zero-order chi connectivity index (χ0) is 13.0. The Morgan fingerprint density at radius 1 is 1.50 bits per heavy atom. The molecule has 0 aliphatic heterocycles. The lowest BCUT2D eigenvalue weighted by atomic mass is 10.1. The second kappa shape index (κ2) is 5.44. The van der Waals surface area contributed by atoms with Gasteiger partial charge >= 0.3 is 0 Å². The van der Waals surface area contributed by atoms with E-state index in [0.717, 1.165) is 0 Å². The molecule has 0 bridgehead atoms. The highest BCUT2D eigenvalue weighted by molar-refractivity contribution is 5.96. The average Bonchev–Trinajstić information content (AvgIpc) is 2.84. The van der Waals surface area contributed by atoms with Crippen LogP contribution >= 0.6 is 0 Å². The molecule has 0 spiro atoms. The van der Waals surface area contributed by atoms with E-state index in [-0.39, 0.29) is 11.3 Å². The van der Waals surface area contributed by atoms with Gasteiger partial charge in [0.15, 0.2) is 5.78 Å². The van der Waals surface area contributed by atoms with Crippen molar-refractivity contribution in [2.75, 3.05) is 6.61 Å². The van der Waals surface area contributed by atoms with Crippen LogP contribution in [-0.4, -0.2) is 22.2 Å². The summed E-state index contributed by atoms with van der Waals surface area (Å²) in [6.45, 7) is 2.32. The van der Waals surface area contributed by atoms with Crippen LogP contribution in [-0.2, 0) is 6.54 Å². The van der Waals surface area contributed by atoms with Gasteiger partial charge in [0, 0.05) is 12.4 Å². The second-order valence-electron chi connectivity index (χ2n) is 3.81. The molecule has 2 rings (SSSR count). The number of ether oxygens (including phenoxy) is 1. The summed E-state index contributed by atoms with van der Waals surface area (Å²) < 4.78 is 20.2. The van der Waals surface area contributed by atoms with E-state index in [1.54, 1.807) is 10.9 Å². The minimum atomic E-state index is -0.445. The first-order chi connectivity index (χ1) is 8.66. The molecule has 0 fully saturated rings. The fourth-order valence-corrected chi connectivity index (χ4v) is 1.59. The summed E-state index contributed by atoms with van der Waals surface area (Å²) in [5, 5.41) is 4.03. The van der Waals surface area contributed by atoms with Gasteiger partial charge in [-0.1, -0.05) is 0 Å². The van der Waals surface area contributed by atoms with Gasteiger partial charge < -0.3 is 4.74 Å². The van der Waals surface area contributed by atoms with Crippen LogP contribution in [0, 0.1) is 5.82 Å². The Balaban J connectivity index is 2.02. The first kappa shape index (κ1) is 12.3. The van der Waals surface area contributed by atoms with Crippen molar-refractivity contribution in [3.05, 3.63) is 48.0 Å². The van der Waals surface area contributed by atoms with E-state index in [2.05, 4.69) is 5.10 Å². The molecule has 94 valence electrons. The Kier molecular flexibility index (Phi) is 3.72. The number of halogens is 1. The summed E-state index contributed by atoms with van der Waals surface area (Å²) >= 11 is 0. The molecule has 0 unspecified atom stereocenters. The summed E-state index contributed by atoms with van der Waals surface area (Å²) in [7, 11) is 0. The van der Waals surface area contributed by atoms with E-state index in [4.69, 9.17) is 4.74 Å². The molecular weight excluding hydrogens is 235 g/mol. The summed E-state index contributed by atoms with van der Waals surface area (Å²) in [4.78, 5) is 11.3. The predicted molar refractivity (Wildman–Crippen MR) is 64.1 cm³/mol. The van der Waals surface area contributed by atoms with E-state index >= 15 is 0 Å². The molecule has 1 aromatic heterocycles. The Morgan fingerprint density at radius 3 is 3.00 bits per heavy atom. The lowest BCUT2D eigenvalue weighted by Gasteiger charge is -2.09. The molecule has 1 heterocycles. The van der Waals surface area contributed by atoms with Gasteiger partial charge in [0.25, 0.3) is 0 Å². The number of nitrogens with zero attached hydrogens (tertiary/aromatic N) is 2. The maximum Gasteiger partial charge on any atom is 0.163 e. The van der Waals surface area contributed by atoms with Crippen LogP contribution in [0.5, 0.6) is 5.75 Å². The van der Waals surface area contributed by atoms with Crippen LogP contribution in [0.2, 0.25) is 0 Å². The van der Waals surface area contributed by atoms with Crippen molar-refractivity contribution in [3.63, 3.8) is 0 Å². The van der Waals surface area contributed by atoms with Crippen molar-refractivity contribution < 1.29 is 13.9 Å². The fraction of sp³-hybridized carbons (Fsp3) is 0.231. The molecule has 1 aromatic carbocycles. The zero-order valence-corrected chi connectivity index (χ0v) is 9.97. The van der Waals surface area contributed by atoms with Gasteiger partial charge in [-0.3, -0.25) is 9.48 Å². The summed E-state index contributed by atoms with van der Waals surface area (Å²) in [5.41, 5.74) is 0.260. The normalized spacial score (nSPS) is 10.3. The number of aromatic nitrogens is 2. The minimum absolute atomic E-state index is 0.219. The first-order valence-electron chi connectivity index (χ1n) is 5.57. The van der Waals surface area contributed by atoms with Gasteiger partial charge in [0.1, 0.15) is 18.2 Å². The van der Waals surface area contributed by atoms with Gasteiger partial charge in [0.2, 0.25) is 0 Å². The van der Waals surface area contributed by atoms with Crippen LogP contribution in [0.15, 0.2) is 36.7 Å². The van der Waals surface area contributed by atoms with E-state index in [1.807, 2.05) is 12.3 Å². The summed E-state index contributed by atoms with van der Waals surface area (Å²) in [6.07, 6.45) is 3.50. The molecule has 0 saturated carbocycles. The van der Waals surface area contributed by atoms with Crippen molar-refractivity contribution in [2.45, 2.75) is 13.5 Å². The fourth-order valence-electron chi connectivity index (χ4n) is 1.59. The molecule has 2 aromatic rings. The highest BCUT2D eigenvalue weighted by atomic mass is 19.1. The third-order valence-electron chi connectivity index (χ3n) is 2.46. The van der Waals surface area contributed by atoms with Crippen molar-refractivity contribution >= 4 is 5.78 Å². The lowest BCUT2D eigenvalue weighted by molar-refractivity contribution is 0.101. The average molecular weight is 248 g/mol. The standard InChI is InChI=1S/C13H13FN2O2/c1-10(17)12-9-11(14)3-4-13(12)18-8-7-16-6-2-5-15-16/h2-6,9H,7-8H2,1H3. The number of ketones is 1. The van der Waals surface area contributed by atoms with Crippen molar-refractivity contribution in [2.24, 2.45) is 0 Å². The number of rotatable bonds is 5. The Bertz CT molecular complexity index is 538. The smallest absolute Gasteiger partial charge is 0.163 e. The van der Waals surface area contributed by atoms with Gasteiger partial charge in [-0.25, -0.2) is 4.39 Å². The molecule has 18 heavy (non-hydrogen) atoms. The quantitative estimate of drug-likeness (QED) is 0.763. The number of benzene rings is 1. The SMILES string of the molecule is CC(=O)c1cc(F)ccc1OCCn1cccn1. The molecule has 0 aliphatic rings. The molecule has 4 nitrogen and oxygen atoms in total. The molecule has 0 amide bonds. The van der Waals surface area contributed by atoms with E-state index in [9.17, 15) is 9.18 Å².